The van der Waals surface area contributed by atoms with Crippen LogP contribution in [0.3, 0.4) is 0 Å². The number of ether oxygens (including phenoxy) is 1. The minimum atomic E-state index is -2.98. The molecule has 2 aliphatic heterocycles. The second-order valence-corrected chi connectivity index (χ2v) is 11.4. The molecule has 35 heavy (non-hydrogen) atoms. The number of halogens is 2. The van der Waals surface area contributed by atoms with Crippen LogP contribution in [0, 0.1) is 11.6 Å². The van der Waals surface area contributed by atoms with Crippen LogP contribution < -0.4 is 20.4 Å². The van der Waals surface area contributed by atoms with Crippen molar-refractivity contribution < 1.29 is 21.9 Å². The first kappa shape index (κ1) is 25.4. The number of para-hydroxylation sites is 1. The minimum Gasteiger partial charge on any atom is -0.381 e. The summed E-state index contributed by atoms with van der Waals surface area (Å²) in [4.78, 5) is 13.2. The first-order chi connectivity index (χ1) is 16.7. The van der Waals surface area contributed by atoms with Crippen molar-refractivity contribution in [2.45, 2.75) is 37.8 Å². The maximum absolute atomic E-state index is 14.3. The normalized spacial score (nSPS) is 18.7. The van der Waals surface area contributed by atoms with E-state index >= 15 is 0 Å². The minimum absolute atomic E-state index is 0.0346. The Morgan fingerprint density at radius 1 is 1.09 bits per heavy atom. The van der Waals surface area contributed by atoms with Gasteiger partial charge in [-0.05, 0) is 37.8 Å². The van der Waals surface area contributed by atoms with E-state index < -0.39 is 21.5 Å². The molecule has 3 heterocycles. The van der Waals surface area contributed by atoms with Crippen molar-refractivity contribution in [2.24, 2.45) is 0 Å². The van der Waals surface area contributed by atoms with Crippen LogP contribution in [0.4, 0.5) is 31.9 Å². The highest BCUT2D eigenvalue weighted by molar-refractivity contribution is 7.91. The highest BCUT2D eigenvalue weighted by atomic mass is 32.2. The SMILES string of the molecule is CN(C)c1cnc(NC2CCS(=O)(=O)CC2)nc1N(CNc1c(F)cccc1F)C1CCOCC1. The lowest BCUT2D eigenvalue weighted by Gasteiger charge is -2.37. The van der Waals surface area contributed by atoms with E-state index in [1.54, 1.807) is 6.20 Å². The summed E-state index contributed by atoms with van der Waals surface area (Å²) >= 11 is 0. The molecule has 2 N–H and O–H groups in total. The van der Waals surface area contributed by atoms with Crippen LogP contribution in [-0.2, 0) is 14.6 Å². The van der Waals surface area contributed by atoms with Gasteiger partial charge in [0.2, 0.25) is 5.95 Å². The Bertz CT molecular complexity index is 1090. The molecule has 0 amide bonds. The second kappa shape index (κ2) is 10.9. The Labute approximate surface area is 204 Å². The predicted octanol–water partition coefficient (Wildman–Crippen LogP) is 2.86. The molecule has 4 rings (SSSR count). The number of nitrogens with zero attached hydrogens (tertiary/aromatic N) is 4. The van der Waals surface area contributed by atoms with Gasteiger partial charge in [0.25, 0.3) is 0 Å². The summed E-state index contributed by atoms with van der Waals surface area (Å²) in [5.41, 5.74) is 0.566. The van der Waals surface area contributed by atoms with Crippen molar-refractivity contribution in [3.8, 4) is 0 Å². The molecule has 12 heteroatoms. The molecule has 0 radical (unpaired) electrons. The van der Waals surface area contributed by atoms with Crippen LogP contribution in [0.5, 0.6) is 0 Å². The number of aromatic nitrogens is 2. The van der Waals surface area contributed by atoms with Crippen molar-refractivity contribution in [3.05, 3.63) is 36.0 Å². The second-order valence-electron chi connectivity index (χ2n) is 9.11. The lowest BCUT2D eigenvalue weighted by atomic mass is 10.1. The Balaban J connectivity index is 1.62. The topological polar surface area (TPSA) is 99.7 Å². The fraction of sp³-hybridized carbons (Fsp3) is 0.565. The smallest absolute Gasteiger partial charge is 0.224 e. The van der Waals surface area contributed by atoms with E-state index in [4.69, 9.17) is 9.72 Å². The zero-order valence-electron chi connectivity index (χ0n) is 20.0. The first-order valence-corrected chi connectivity index (χ1v) is 13.6. The van der Waals surface area contributed by atoms with Crippen molar-refractivity contribution in [2.75, 3.05) is 65.9 Å². The molecule has 2 saturated heterocycles. The zero-order valence-corrected chi connectivity index (χ0v) is 20.8. The van der Waals surface area contributed by atoms with Crippen LogP contribution in [0.2, 0.25) is 0 Å². The monoisotopic (exact) mass is 510 g/mol. The van der Waals surface area contributed by atoms with E-state index in [9.17, 15) is 17.2 Å². The van der Waals surface area contributed by atoms with Gasteiger partial charge in [0, 0.05) is 39.4 Å². The summed E-state index contributed by atoms with van der Waals surface area (Å²) in [6.45, 7) is 1.29. The van der Waals surface area contributed by atoms with Gasteiger partial charge in [-0.1, -0.05) is 6.07 Å². The molecule has 1 aromatic heterocycles. The molecule has 0 unspecified atom stereocenters. The van der Waals surface area contributed by atoms with Gasteiger partial charge < -0.3 is 25.2 Å². The van der Waals surface area contributed by atoms with Crippen LogP contribution in [0.15, 0.2) is 24.4 Å². The molecular formula is C23H32F2N6O3S. The van der Waals surface area contributed by atoms with Crippen LogP contribution in [-0.4, -0.2) is 76.0 Å². The number of hydrogen-bond acceptors (Lipinski definition) is 9. The van der Waals surface area contributed by atoms with E-state index in [1.807, 2.05) is 23.9 Å². The number of nitrogens with one attached hydrogen (secondary N) is 2. The summed E-state index contributed by atoms with van der Waals surface area (Å²) in [7, 11) is 0.785. The van der Waals surface area contributed by atoms with Gasteiger partial charge in [-0.25, -0.2) is 22.2 Å². The molecule has 0 aliphatic carbocycles. The molecule has 0 saturated carbocycles. The van der Waals surface area contributed by atoms with E-state index in [1.165, 1.54) is 18.2 Å². The van der Waals surface area contributed by atoms with Crippen LogP contribution in [0.1, 0.15) is 25.7 Å². The van der Waals surface area contributed by atoms with E-state index in [0.29, 0.717) is 37.8 Å². The first-order valence-electron chi connectivity index (χ1n) is 11.8. The molecular weight excluding hydrogens is 478 g/mol. The fourth-order valence-corrected chi connectivity index (χ4v) is 5.88. The van der Waals surface area contributed by atoms with Gasteiger partial charge in [0.05, 0.1) is 30.1 Å². The average Bonchev–Trinajstić information content (AvgIpc) is 2.83. The molecule has 0 atom stereocenters. The molecule has 2 fully saturated rings. The molecule has 0 bridgehead atoms. The van der Waals surface area contributed by atoms with E-state index in [0.717, 1.165) is 18.5 Å². The Morgan fingerprint density at radius 3 is 2.37 bits per heavy atom. The lowest BCUT2D eigenvalue weighted by molar-refractivity contribution is 0.0846. The number of anilines is 4. The van der Waals surface area contributed by atoms with Crippen molar-refractivity contribution >= 4 is 33.0 Å². The molecule has 0 spiro atoms. The van der Waals surface area contributed by atoms with Gasteiger partial charge in [0.15, 0.2) is 5.82 Å². The maximum atomic E-state index is 14.3. The summed E-state index contributed by atoms with van der Waals surface area (Å²) in [5.74, 6) is -0.0422. The van der Waals surface area contributed by atoms with Gasteiger partial charge in [-0.15, -0.1) is 0 Å². The third-order valence-corrected chi connectivity index (χ3v) is 8.13. The molecule has 2 aliphatic rings. The van der Waals surface area contributed by atoms with Crippen molar-refractivity contribution in [1.29, 1.82) is 0 Å². The Morgan fingerprint density at radius 2 is 1.74 bits per heavy atom. The summed E-state index contributed by atoms with van der Waals surface area (Å²) in [6.07, 6.45) is 4.17. The van der Waals surface area contributed by atoms with Gasteiger partial charge >= 0.3 is 0 Å². The molecule has 9 nitrogen and oxygen atoms in total. The number of rotatable bonds is 8. The van der Waals surface area contributed by atoms with E-state index in [2.05, 4.69) is 15.6 Å². The van der Waals surface area contributed by atoms with Gasteiger partial charge in [-0.3, -0.25) is 0 Å². The van der Waals surface area contributed by atoms with E-state index in [-0.39, 0.29) is 35.9 Å². The molecule has 2 aromatic rings. The molecule has 192 valence electrons. The predicted molar refractivity (Wildman–Crippen MR) is 133 cm³/mol. The van der Waals surface area contributed by atoms with Gasteiger partial charge in [0.1, 0.15) is 27.2 Å². The quantitative estimate of drug-likeness (QED) is 0.519. The summed E-state index contributed by atoms with van der Waals surface area (Å²) in [6, 6.07) is 3.75. The molecule has 1 aromatic carbocycles. The third-order valence-electron chi connectivity index (χ3n) is 6.41. The standard InChI is InChI=1S/C23H32F2N6O3S/c1-30(2)20-14-26-23(28-16-8-12-35(32,33)13-9-16)29-22(20)31(17-6-10-34-11-7-17)15-27-21-18(24)4-3-5-19(21)25/h3-5,14,16-17,27H,6-13,15H2,1-2H3,(H,26,28,29). The van der Waals surface area contributed by atoms with Crippen molar-refractivity contribution in [3.63, 3.8) is 0 Å². The number of hydrogen-bond donors (Lipinski definition) is 2. The Kier molecular flexibility index (Phi) is 7.90. The zero-order chi connectivity index (χ0) is 25.0. The van der Waals surface area contributed by atoms with Crippen LogP contribution in [0.25, 0.3) is 0 Å². The lowest BCUT2D eigenvalue weighted by Crippen LogP contribution is -2.44. The largest absolute Gasteiger partial charge is 0.381 e. The average molecular weight is 511 g/mol. The fourth-order valence-electron chi connectivity index (χ4n) is 4.38. The number of benzene rings is 1. The number of sulfone groups is 1. The highest BCUT2D eigenvalue weighted by Gasteiger charge is 2.28. The van der Waals surface area contributed by atoms with Crippen molar-refractivity contribution in [1.82, 2.24) is 9.97 Å². The third kappa shape index (κ3) is 6.29. The summed E-state index contributed by atoms with van der Waals surface area (Å²) in [5, 5.41) is 6.20. The summed E-state index contributed by atoms with van der Waals surface area (Å²) < 4.78 is 57.7. The maximum Gasteiger partial charge on any atom is 0.224 e. The van der Waals surface area contributed by atoms with Gasteiger partial charge in [-0.2, -0.15) is 4.98 Å². The highest BCUT2D eigenvalue weighted by Crippen LogP contribution is 2.31. The Hall–Kier alpha value is -2.73. The van der Waals surface area contributed by atoms with Crippen LogP contribution >= 0.6 is 0 Å².